The predicted molar refractivity (Wildman–Crippen MR) is 169 cm³/mol. The molecule has 0 aliphatic carbocycles. The molecule has 5 aromatic rings. The summed E-state index contributed by atoms with van der Waals surface area (Å²) in [5.74, 6) is 2.63. The van der Waals surface area contributed by atoms with E-state index in [2.05, 4.69) is 79.5 Å². The average molecular weight is 557 g/mol. The topological polar surface area (TPSA) is 57.8 Å². The smallest absolute Gasteiger partial charge is 0.179 e. The van der Waals surface area contributed by atoms with Crippen LogP contribution in [-0.4, -0.2) is 21.5 Å². The van der Waals surface area contributed by atoms with Gasteiger partial charge in [0.05, 0.1) is 28.8 Å². The number of fused-ring (bicyclic) bond motifs is 4. The predicted octanol–water partition coefficient (Wildman–Crippen LogP) is 8.75. The lowest BCUT2D eigenvalue weighted by Crippen LogP contribution is -2.46. The highest BCUT2D eigenvalue weighted by atomic mass is 35.5. The van der Waals surface area contributed by atoms with Crippen molar-refractivity contribution in [3.05, 3.63) is 131 Å². The molecular formula is C34H29ClN6. The number of amidine groups is 2. The van der Waals surface area contributed by atoms with Gasteiger partial charge in [0.15, 0.2) is 17.5 Å². The van der Waals surface area contributed by atoms with Gasteiger partial charge < -0.3 is 10.2 Å². The van der Waals surface area contributed by atoms with E-state index in [0.29, 0.717) is 16.8 Å². The Kier molecular flexibility index (Phi) is 6.20. The monoisotopic (exact) mass is 556 g/mol. The van der Waals surface area contributed by atoms with Crippen LogP contribution in [0.25, 0.3) is 5.69 Å². The number of nitrogens with one attached hydrogen (secondary N) is 1. The van der Waals surface area contributed by atoms with E-state index >= 15 is 0 Å². The van der Waals surface area contributed by atoms with Crippen molar-refractivity contribution in [1.82, 2.24) is 9.78 Å². The SMILES string of the molecule is Cc1nn(-c2ccccc2)c2c1[C@@H](c1ccc(C(C)C)cc1)N1C(=N2)C(Nc2cccc(Cl)c2)=Nc2ccccc21. The summed E-state index contributed by atoms with van der Waals surface area (Å²) in [5, 5.41) is 9.19. The van der Waals surface area contributed by atoms with Gasteiger partial charge in [-0.1, -0.05) is 86.1 Å². The first kappa shape index (κ1) is 25.3. The molecule has 3 heterocycles. The van der Waals surface area contributed by atoms with Crippen LogP contribution in [0.2, 0.25) is 5.02 Å². The number of aliphatic imine (C=N–C) groups is 2. The second-order valence-corrected chi connectivity index (χ2v) is 11.1. The van der Waals surface area contributed by atoms with Crippen molar-refractivity contribution in [2.75, 3.05) is 10.2 Å². The molecule has 0 unspecified atom stereocenters. The third-order valence-electron chi connectivity index (χ3n) is 7.65. The molecule has 0 fully saturated rings. The van der Waals surface area contributed by atoms with Crippen molar-refractivity contribution < 1.29 is 0 Å². The number of aromatic nitrogens is 2. The molecule has 2 aliphatic heterocycles. The number of para-hydroxylation sites is 3. The minimum atomic E-state index is -0.163. The van der Waals surface area contributed by atoms with Gasteiger partial charge in [0.2, 0.25) is 0 Å². The third-order valence-corrected chi connectivity index (χ3v) is 7.88. The molecule has 6 nitrogen and oxygen atoms in total. The van der Waals surface area contributed by atoms with E-state index in [1.54, 1.807) is 0 Å². The molecule has 41 heavy (non-hydrogen) atoms. The van der Waals surface area contributed by atoms with Crippen molar-refractivity contribution in [2.24, 2.45) is 9.98 Å². The molecule has 0 spiro atoms. The fraction of sp³-hybridized carbons (Fsp3) is 0.147. The second kappa shape index (κ2) is 10.1. The van der Waals surface area contributed by atoms with E-state index < -0.39 is 0 Å². The summed E-state index contributed by atoms with van der Waals surface area (Å²) in [7, 11) is 0. The summed E-state index contributed by atoms with van der Waals surface area (Å²) in [6, 6.07) is 34.8. The third kappa shape index (κ3) is 4.41. The fourth-order valence-corrected chi connectivity index (χ4v) is 5.82. The Hall–Kier alpha value is -4.68. The fourth-order valence-electron chi connectivity index (χ4n) is 5.63. The molecule has 1 N–H and O–H groups in total. The van der Waals surface area contributed by atoms with Gasteiger partial charge in [0.25, 0.3) is 0 Å². The Balaban J connectivity index is 1.48. The molecule has 7 heteroatoms. The zero-order chi connectivity index (χ0) is 28.1. The van der Waals surface area contributed by atoms with Gasteiger partial charge in [-0.2, -0.15) is 5.10 Å². The number of hydrogen-bond acceptors (Lipinski definition) is 5. The molecule has 0 saturated carbocycles. The minimum absolute atomic E-state index is 0.163. The Morgan fingerprint density at radius 1 is 0.829 bits per heavy atom. The zero-order valence-corrected chi connectivity index (χ0v) is 23.8. The molecule has 0 saturated heterocycles. The highest BCUT2D eigenvalue weighted by molar-refractivity contribution is 6.51. The van der Waals surface area contributed by atoms with E-state index in [9.17, 15) is 0 Å². The first-order valence-corrected chi connectivity index (χ1v) is 14.2. The summed E-state index contributed by atoms with van der Waals surface area (Å²) < 4.78 is 1.95. The second-order valence-electron chi connectivity index (χ2n) is 10.7. The summed E-state index contributed by atoms with van der Waals surface area (Å²) in [6.07, 6.45) is 0. The van der Waals surface area contributed by atoms with Crippen LogP contribution < -0.4 is 10.2 Å². The standard InChI is InChI=1S/C34H29ClN6/c1-21(2)23-16-18-24(19-17-23)31-30-22(3)39-41(27-12-5-4-6-13-27)33(30)38-34-32(36-26-11-9-10-25(35)20-26)37-28-14-7-8-15-29(28)40(31)34/h4-21,31H,1-3H3,(H,36,37)/t31-/m1/s1. The van der Waals surface area contributed by atoms with Gasteiger partial charge in [-0.25, -0.2) is 14.7 Å². The van der Waals surface area contributed by atoms with Crippen LogP contribution in [0.5, 0.6) is 0 Å². The largest absolute Gasteiger partial charge is 0.337 e. The van der Waals surface area contributed by atoms with Crippen LogP contribution in [0.15, 0.2) is 113 Å². The number of hydrogen-bond donors (Lipinski definition) is 1. The number of nitrogens with zero attached hydrogens (tertiary/aromatic N) is 5. The summed E-state index contributed by atoms with van der Waals surface area (Å²) in [5.41, 5.74) is 8.16. The molecule has 1 aromatic heterocycles. The van der Waals surface area contributed by atoms with E-state index in [1.165, 1.54) is 5.56 Å². The highest BCUT2D eigenvalue weighted by Gasteiger charge is 2.41. The van der Waals surface area contributed by atoms with E-state index in [0.717, 1.165) is 51.2 Å². The maximum absolute atomic E-state index is 6.35. The highest BCUT2D eigenvalue weighted by Crippen LogP contribution is 2.48. The maximum Gasteiger partial charge on any atom is 0.179 e. The quantitative estimate of drug-likeness (QED) is 0.241. The molecule has 0 bridgehead atoms. The number of anilines is 2. The average Bonchev–Trinajstić information content (AvgIpc) is 3.32. The Morgan fingerprint density at radius 2 is 1.59 bits per heavy atom. The molecule has 1 atom stereocenters. The van der Waals surface area contributed by atoms with Crippen molar-refractivity contribution in [3.8, 4) is 5.69 Å². The van der Waals surface area contributed by atoms with Crippen LogP contribution in [0.1, 0.15) is 48.2 Å². The molecule has 202 valence electrons. The van der Waals surface area contributed by atoms with Crippen molar-refractivity contribution in [1.29, 1.82) is 0 Å². The molecular weight excluding hydrogens is 528 g/mol. The van der Waals surface area contributed by atoms with Gasteiger partial charge in [-0.15, -0.1) is 0 Å². The Morgan fingerprint density at radius 3 is 2.34 bits per heavy atom. The number of rotatable bonds is 4. The molecule has 4 aromatic carbocycles. The summed E-state index contributed by atoms with van der Waals surface area (Å²) >= 11 is 6.35. The van der Waals surface area contributed by atoms with Gasteiger partial charge in [-0.3, -0.25) is 0 Å². The van der Waals surface area contributed by atoms with E-state index in [-0.39, 0.29) is 6.04 Å². The van der Waals surface area contributed by atoms with Gasteiger partial charge >= 0.3 is 0 Å². The van der Waals surface area contributed by atoms with Crippen LogP contribution in [0, 0.1) is 6.92 Å². The van der Waals surface area contributed by atoms with Crippen molar-refractivity contribution in [2.45, 2.75) is 32.7 Å². The van der Waals surface area contributed by atoms with Gasteiger partial charge in [0.1, 0.15) is 0 Å². The minimum Gasteiger partial charge on any atom is -0.337 e. The maximum atomic E-state index is 6.35. The van der Waals surface area contributed by atoms with Crippen molar-refractivity contribution >= 4 is 46.2 Å². The molecule has 0 amide bonds. The normalized spacial score (nSPS) is 15.5. The lowest BCUT2D eigenvalue weighted by atomic mass is 9.91. The van der Waals surface area contributed by atoms with Crippen molar-refractivity contribution in [3.63, 3.8) is 0 Å². The first-order chi connectivity index (χ1) is 20.0. The number of aryl methyl sites for hydroxylation is 1. The zero-order valence-electron chi connectivity index (χ0n) is 23.1. The molecule has 0 radical (unpaired) electrons. The lowest BCUT2D eigenvalue weighted by molar-refractivity contribution is 0.810. The molecule has 7 rings (SSSR count). The Bertz CT molecular complexity index is 1820. The number of halogens is 1. The van der Waals surface area contributed by atoms with Gasteiger partial charge in [-0.05, 0) is 66.4 Å². The van der Waals surface area contributed by atoms with Crippen LogP contribution >= 0.6 is 11.6 Å². The van der Waals surface area contributed by atoms with Gasteiger partial charge in [0, 0.05) is 16.3 Å². The van der Waals surface area contributed by atoms with Crippen LogP contribution in [0.3, 0.4) is 0 Å². The summed E-state index contributed by atoms with van der Waals surface area (Å²) in [4.78, 5) is 12.7. The summed E-state index contributed by atoms with van der Waals surface area (Å²) in [6.45, 7) is 6.51. The first-order valence-electron chi connectivity index (χ1n) is 13.8. The number of benzene rings is 4. The Labute approximate surface area is 244 Å². The van der Waals surface area contributed by atoms with E-state index in [1.807, 2.05) is 59.3 Å². The molecule has 2 aliphatic rings. The van der Waals surface area contributed by atoms with Crippen LogP contribution in [-0.2, 0) is 0 Å². The van der Waals surface area contributed by atoms with Crippen LogP contribution in [0.4, 0.5) is 22.9 Å². The van der Waals surface area contributed by atoms with E-state index in [4.69, 9.17) is 26.7 Å². The lowest BCUT2D eigenvalue weighted by Gasteiger charge is -2.40.